The van der Waals surface area contributed by atoms with Crippen LogP contribution < -0.4 is 10.2 Å². The zero-order valence-electron chi connectivity index (χ0n) is 32.9. The smallest absolute Gasteiger partial charge is 0.211 e. The quantitative estimate of drug-likeness (QED) is 0.186. The van der Waals surface area contributed by atoms with Gasteiger partial charge in [0, 0.05) is 28.5 Å². The Morgan fingerprint density at radius 3 is 1.75 bits per heavy atom. The van der Waals surface area contributed by atoms with Gasteiger partial charge in [-0.25, -0.2) is 4.99 Å². The minimum Gasteiger partial charge on any atom is -0.310 e. The Hall–Kier alpha value is -7.59. The van der Waals surface area contributed by atoms with Gasteiger partial charge >= 0.3 is 0 Å². The molecule has 9 aromatic carbocycles. The maximum absolute atomic E-state index is 5.58. The molecule has 2 N–H and O–H groups in total. The highest BCUT2D eigenvalue weighted by Crippen LogP contribution is 2.64. The molecule has 0 amide bonds. The summed E-state index contributed by atoms with van der Waals surface area (Å²) < 4.78 is 0. The van der Waals surface area contributed by atoms with Crippen LogP contribution in [0.25, 0.3) is 38.7 Å². The predicted molar refractivity (Wildman–Crippen MR) is 247 cm³/mol. The van der Waals surface area contributed by atoms with Crippen LogP contribution in [0.5, 0.6) is 0 Å². The molecule has 0 aromatic heterocycles. The molecule has 3 aliphatic rings. The Labute approximate surface area is 350 Å². The van der Waals surface area contributed by atoms with Crippen LogP contribution >= 0.6 is 0 Å². The van der Waals surface area contributed by atoms with Gasteiger partial charge in [0.15, 0.2) is 0 Å². The molecule has 12 rings (SSSR count). The van der Waals surface area contributed by atoms with E-state index in [0.29, 0.717) is 0 Å². The molecular formula is C57H40N3+. The summed E-state index contributed by atoms with van der Waals surface area (Å²) >= 11 is 0. The molecule has 3 heteroatoms. The Morgan fingerprint density at radius 1 is 0.450 bits per heavy atom. The average Bonchev–Trinajstić information content (AvgIpc) is 3.63. The molecule has 1 spiro atoms. The van der Waals surface area contributed by atoms with Gasteiger partial charge in [0.05, 0.1) is 22.5 Å². The number of rotatable bonds is 5. The topological polar surface area (TPSA) is 32.2 Å². The summed E-state index contributed by atoms with van der Waals surface area (Å²) in [6.45, 7) is 0. The van der Waals surface area contributed by atoms with Crippen LogP contribution in [0.4, 0.5) is 17.1 Å². The molecule has 282 valence electrons. The van der Waals surface area contributed by atoms with Crippen molar-refractivity contribution in [3.05, 3.63) is 263 Å². The van der Waals surface area contributed by atoms with Crippen LogP contribution in [0.2, 0.25) is 0 Å². The van der Waals surface area contributed by atoms with Gasteiger partial charge < -0.3 is 4.90 Å². The van der Waals surface area contributed by atoms with E-state index in [1.165, 1.54) is 83.5 Å². The van der Waals surface area contributed by atoms with E-state index in [-0.39, 0.29) is 6.17 Å². The first-order valence-corrected chi connectivity index (χ1v) is 20.8. The van der Waals surface area contributed by atoms with Gasteiger partial charge in [-0.1, -0.05) is 176 Å². The fourth-order valence-electron chi connectivity index (χ4n) is 10.2. The number of benzene rings is 9. The number of hydrogen-bond acceptors (Lipinski definition) is 2. The summed E-state index contributed by atoms with van der Waals surface area (Å²) in [5.41, 5.74) is 18.7. The van der Waals surface area contributed by atoms with Crippen molar-refractivity contribution in [2.24, 2.45) is 4.99 Å². The predicted octanol–water partition coefficient (Wildman–Crippen LogP) is 12.8. The second-order valence-corrected chi connectivity index (χ2v) is 16.0. The SMILES string of the molecule is C1=C(c2ccccc2)[NH2+]C(c2ccc3c(c2)C2(c4ccccc4N(c4ccccc4)c4ccccc42)c2ccc4ccccc4c2-3)N=C1c1ccc(-c2ccccc2)cc1. The van der Waals surface area contributed by atoms with Crippen molar-refractivity contribution in [2.75, 3.05) is 4.90 Å². The van der Waals surface area contributed by atoms with Gasteiger partial charge in [-0.15, -0.1) is 0 Å². The van der Waals surface area contributed by atoms with Crippen LogP contribution in [0.1, 0.15) is 45.1 Å². The second-order valence-electron chi connectivity index (χ2n) is 16.0. The van der Waals surface area contributed by atoms with Crippen molar-refractivity contribution in [1.82, 2.24) is 0 Å². The van der Waals surface area contributed by atoms with E-state index in [9.17, 15) is 0 Å². The highest BCUT2D eigenvalue weighted by atomic mass is 15.2. The number of aliphatic imine (C=N–C) groups is 1. The summed E-state index contributed by atoms with van der Waals surface area (Å²) in [4.78, 5) is 8.02. The minimum absolute atomic E-state index is 0.202. The lowest BCUT2D eigenvalue weighted by molar-refractivity contribution is -0.609. The van der Waals surface area contributed by atoms with Crippen molar-refractivity contribution >= 4 is 39.2 Å². The highest BCUT2D eigenvalue weighted by Gasteiger charge is 2.52. The van der Waals surface area contributed by atoms with Gasteiger partial charge in [-0.05, 0) is 97.7 Å². The molecule has 0 bridgehead atoms. The molecule has 1 unspecified atom stereocenters. The maximum Gasteiger partial charge on any atom is 0.211 e. The molecule has 2 heterocycles. The van der Waals surface area contributed by atoms with Crippen molar-refractivity contribution in [3.63, 3.8) is 0 Å². The monoisotopic (exact) mass is 766 g/mol. The number of para-hydroxylation sites is 3. The number of nitrogens with zero attached hydrogens (tertiary/aromatic N) is 2. The summed E-state index contributed by atoms with van der Waals surface area (Å²) in [5.74, 6) is 0. The Balaban J connectivity index is 1.08. The summed E-state index contributed by atoms with van der Waals surface area (Å²) in [7, 11) is 0. The van der Waals surface area contributed by atoms with Crippen LogP contribution in [-0.2, 0) is 5.41 Å². The number of quaternary nitrogens is 1. The van der Waals surface area contributed by atoms with E-state index in [1.54, 1.807) is 0 Å². The number of anilines is 3. The fourth-order valence-corrected chi connectivity index (χ4v) is 10.2. The molecule has 0 saturated heterocycles. The normalized spacial score (nSPS) is 15.7. The van der Waals surface area contributed by atoms with Gasteiger partial charge in [0.1, 0.15) is 5.70 Å². The Kier molecular flexibility index (Phi) is 7.91. The van der Waals surface area contributed by atoms with E-state index in [0.717, 1.165) is 17.0 Å². The van der Waals surface area contributed by atoms with Gasteiger partial charge in [-0.3, -0.25) is 5.32 Å². The minimum atomic E-state index is -0.574. The molecule has 1 atom stereocenters. The van der Waals surface area contributed by atoms with Crippen LogP contribution in [-0.4, -0.2) is 5.71 Å². The van der Waals surface area contributed by atoms with Crippen LogP contribution in [0.15, 0.2) is 229 Å². The van der Waals surface area contributed by atoms with Gasteiger partial charge in [0.2, 0.25) is 6.17 Å². The summed E-state index contributed by atoms with van der Waals surface area (Å²) in [5, 5.41) is 4.87. The second kappa shape index (κ2) is 13.8. The summed E-state index contributed by atoms with van der Waals surface area (Å²) in [6.07, 6.45) is 2.05. The zero-order valence-corrected chi connectivity index (χ0v) is 32.9. The first kappa shape index (κ1) is 34.5. The first-order valence-electron chi connectivity index (χ1n) is 20.8. The fraction of sp³-hybridized carbons (Fsp3) is 0.0351. The third kappa shape index (κ3) is 5.23. The highest BCUT2D eigenvalue weighted by molar-refractivity contribution is 6.12. The van der Waals surface area contributed by atoms with Crippen LogP contribution in [0.3, 0.4) is 0 Å². The molecule has 60 heavy (non-hydrogen) atoms. The lowest BCUT2D eigenvalue weighted by Crippen LogP contribution is -2.82. The average molecular weight is 767 g/mol. The Bertz CT molecular complexity index is 3120. The lowest BCUT2D eigenvalue weighted by Gasteiger charge is -2.45. The lowest BCUT2D eigenvalue weighted by atomic mass is 9.64. The molecule has 1 aliphatic carbocycles. The van der Waals surface area contributed by atoms with Gasteiger partial charge in [0.25, 0.3) is 0 Å². The standard InChI is InChI=1S/C57H39N3/c1-4-16-38(17-5-1)39-28-30-42(31-29-39)52-37-51(41-19-6-2-7-20-41)58-56(59-52)43-32-34-46-50(36-43)57(49-35-33-40-18-10-11-23-45(40)55(46)49)47-24-12-14-26-53(47)60(44-21-8-3-9-22-44)54-27-15-13-25-48(54)57/h1-37,56,58H/p+1. The molecule has 9 aromatic rings. The van der Waals surface area contributed by atoms with E-state index in [2.05, 4.69) is 235 Å². The van der Waals surface area contributed by atoms with Crippen molar-refractivity contribution in [2.45, 2.75) is 11.6 Å². The van der Waals surface area contributed by atoms with E-state index >= 15 is 0 Å². The Morgan fingerprint density at radius 2 is 1.03 bits per heavy atom. The van der Waals surface area contributed by atoms with Crippen molar-refractivity contribution < 1.29 is 5.32 Å². The molecule has 0 saturated carbocycles. The zero-order chi connectivity index (χ0) is 39.6. The molecule has 3 nitrogen and oxygen atoms in total. The van der Waals surface area contributed by atoms with E-state index in [1.807, 2.05) is 0 Å². The van der Waals surface area contributed by atoms with E-state index in [4.69, 9.17) is 4.99 Å². The molecular weight excluding hydrogens is 727 g/mol. The molecule has 0 fully saturated rings. The molecule has 0 radical (unpaired) electrons. The number of allylic oxidation sites excluding steroid dienone is 1. The first-order chi connectivity index (χ1) is 29.8. The van der Waals surface area contributed by atoms with Crippen molar-refractivity contribution in [3.8, 4) is 22.3 Å². The number of nitrogens with two attached hydrogens (primary N) is 1. The number of hydrogen-bond donors (Lipinski definition) is 1. The maximum atomic E-state index is 5.58. The van der Waals surface area contributed by atoms with Gasteiger partial charge in [-0.2, -0.15) is 0 Å². The van der Waals surface area contributed by atoms with Crippen molar-refractivity contribution in [1.29, 1.82) is 0 Å². The largest absolute Gasteiger partial charge is 0.310 e. The third-order valence-corrected chi connectivity index (χ3v) is 12.8. The van der Waals surface area contributed by atoms with E-state index < -0.39 is 5.41 Å². The number of fused-ring (bicyclic) bond motifs is 11. The van der Waals surface area contributed by atoms with Crippen LogP contribution in [0, 0.1) is 0 Å². The third-order valence-electron chi connectivity index (χ3n) is 12.8. The summed E-state index contributed by atoms with van der Waals surface area (Å²) in [6, 6.07) is 79.9. The molecule has 2 aliphatic heterocycles.